The quantitative estimate of drug-likeness (QED) is 0.638. The van der Waals surface area contributed by atoms with Crippen molar-refractivity contribution in [3.63, 3.8) is 0 Å². The van der Waals surface area contributed by atoms with Crippen LogP contribution in [0.5, 0.6) is 11.5 Å². The van der Waals surface area contributed by atoms with E-state index in [0.29, 0.717) is 13.2 Å². The van der Waals surface area contributed by atoms with Gasteiger partial charge in [0, 0.05) is 17.4 Å². The van der Waals surface area contributed by atoms with Gasteiger partial charge in [-0.05, 0) is 41.8 Å². The van der Waals surface area contributed by atoms with Crippen LogP contribution in [0.4, 0.5) is 0 Å². The molecule has 4 rings (SSSR count). The lowest BCUT2D eigenvalue weighted by Gasteiger charge is -2.34. The Labute approximate surface area is 170 Å². The largest absolute Gasteiger partial charge is 0.508 e. The summed E-state index contributed by atoms with van der Waals surface area (Å²) in [5.41, 5.74) is 4.22. The van der Waals surface area contributed by atoms with E-state index in [0.717, 1.165) is 22.4 Å². The highest BCUT2D eigenvalue weighted by Crippen LogP contribution is 2.46. The van der Waals surface area contributed by atoms with Crippen molar-refractivity contribution in [3.05, 3.63) is 95.1 Å². The molecule has 0 amide bonds. The molecule has 4 heteroatoms. The Morgan fingerprint density at radius 2 is 1.79 bits per heavy atom. The first kappa shape index (κ1) is 19.1. The smallest absolute Gasteiger partial charge is 0.310 e. The summed E-state index contributed by atoms with van der Waals surface area (Å²) in [7, 11) is 0. The first-order valence-corrected chi connectivity index (χ1v) is 9.91. The van der Waals surface area contributed by atoms with Gasteiger partial charge in [0.15, 0.2) is 0 Å². The number of rotatable bonds is 5. The summed E-state index contributed by atoms with van der Waals surface area (Å²) >= 11 is 0. The molecule has 2 unspecified atom stereocenters. The highest BCUT2D eigenvalue weighted by molar-refractivity contribution is 5.72. The standard InChI is InChI=1S/C25H24O4/c1-2-28-24(27)14-17-8-10-19(11-9-17)25-21-15-20(26)12-13-23(21)29-16-22(25)18-6-4-3-5-7-18/h3-13,15,22,25-26H,2,14,16H2,1H3. The summed E-state index contributed by atoms with van der Waals surface area (Å²) in [5, 5.41) is 10.1. The molecule has 0 saturated carbocycles. The van der Waals surface area contributed by atoms with Crippen LogP contribution in [0.15, 0.2) is 72.8 Å². The molecule has 3 aromatic rings. The maximum Gasteiger partial charge on any atom is 0.310 e. The Morgan fingerprint density at radius 1 is 1.03 bits per heavy atom. The maximum absolute atomic E-state index is 11.8. The molecule has 0 saturated heterocycles. The van der Waals surface area contributed by atoms with E-state index in [-0.39, 0.29) is 30.0 Å². The summed E-state index contributed by atoms with van der Waals surface area (Å²) in [5.74, 6) is 0.982. The van der Waals surface area contributed by atoms with Gasteiger partial charge in [-0.1, -0.05) is 54.6 Å². The van der Waals surface area contributed by atoms with Gasteiger partial charge < -0.3 is 14.6 Å². The second-order valence-corrected chi connectivity index (χ2v) is 7.25. The van der Waals surface area contributed by atoms with Crippen molar-refractivity contribution >= 4 is 5.97 Å². The Bertz CT molecular complexity index is 979. The molecule has 2 atom stereocenters. The van der Waals surface area contributed by atoms with E-state index in [1.54, 1.807) is 12.1 Å². The third kappa shape index (κ3) is 4.11. The molecule has 0 aliphatic carbocycles. The van der Waals surface area contributed by atoms with Crippen LogP contribution in [0.1, 0.15) is 41.0 Å². The van der Waals surface area contributed by atoms with Gasteiger partial charge in [-0.25, -0.2) is 0 Å². The predicted molar refractivity (Wildman–Crippen MR) is 111 cm³/mol. The number of esters is 1. The highest BCUT2D eigenvalue weighted by Gasteiger charge is 2.33. The molecule has 1 aliphatic rings. The second-order valence-electron chi connectivity index (χ2n) is 7.25. The number of hydrogen-bond donors (Lipinski definition) is 1. The van der Waals surface area contributed by atoms with Crippen LogP contribution in [0.3, 0.4) is 0 Å². The molecule has 0 spiro atoms. The van der Waals surface area contributed by atoms with Crippen molar-refractivity contribution in [1.82, 2.24) is 0 Å². The minimum Gasteiger partial charge on any atom is -0.508 e. The lowest BCUT2D eigenvalue weighted by molar-refractivity contribution is -0.142. The van der Waals surface area contributed by atoms with Crippen LogP contribution in [0.2, 0.25) is 0 Å². The van der Waals surface area contributed by atoms with E-state index in [9.17, 15) is 9.90 Å². The minimum absolute atomic E-state index is 0.0462. The normalized spacial score (nSPS) is 17.8. The molecule has 0 fully saturated rings. The molecule has 1 aliphatic heterocycles. The molecule has 1 heterocycles. The summed E-state index contributed by atoms with van der Waals surface area (Å²) in [4.78, 5) is 11.8. The maximum atomic E-state index is 11.8. The molecule has 29 heavy (non-hydrogen) atoms. The Kier molecular flexibility index (Phi) is 5.52. The van der Waals surface area contributed by atoms with Crippen molar-refractivity contribution in [2.45, 2.75) is 25.2 Å². The lowest BCUT2D eigenvalue weighted by Crippen LogP contribution is -2.25. The summed E-state index contributed by atoms with van der Waals surface area (Å²) < 4.78 is 11.1. The van der Waals surface area contributed by atoms with E-state index in [1.807, 2.05) is 43.3 Å². The van der Waals surface area contributed by atoms with Crippen LogP contribution in [0.25, 0.3) is 0 Å². The van der Waals surface area contributed by atoms with Gasteiger partial charge in [-0.3, -0.25) is 4.79 Å². The van der Waals surface area contributed by atoms with E-state index in [2.05, 4.69) is 24.3 Å². The number of carbonyl (C=O) groups excluding carboxylic acids is 1. The molecule has 4 nitrogen and oxygen atoms in total. The monoisotopic (exact) mass is 388 g/mol. The highest BCUT2D eigenvalue weighted by atomic mass is 16.5. The fourth-order valence-corrected chi connectivity index (χ4v) is 4.03. The van der Waals surface area contributed by atoms with Gasteiger partial charge in [-0.15, -0.1) is 0 Å². The molecular formula is C25H24O4. The third-order valence-corrected chi connectivity index (χ3v) is 5.37. The molecule has 1 N–H and O–H groups in total. The average Bonchev–Trinajstić information content (AvgIpc) is 2.74. The van der Waals surface area contributed by atoms with Crippen LogP contribution in [-0.2, 0) is 16.0 Å². The zero-order valence-electron chi connectivity index (χ0n) is 16.4. The molecular weight excluding hydrogens is 364 g/mol. The zero-order chi connectivity index (χ0) is 20.2. The number of hydrogen-bond acceptors (Lipinski definition) is 4. The SMILES string of the molecule is CCOC(=O)Cc1ccc(C2c3cc(O)ccc3OCC2c2ccccc2)cc1. The first-order chi connectivity index (χ1) is 14.2. The van der Waals surface area contributed by atoms with Crippen molar-refractivity contribution in [3.8, 4) is 11.5 Å². The fraction of sp³-hybridized carbons (Fsp3) is 0.240. The van der Waals surface area contributed by atoms with Gasteiger partial charge in [0.05, 0.1) is 19.6 Å². The van der Waals surface area contributed by atoms with Gasteiger partial charge in [0.25, 0.3) is 0 Å². The van der Waals surface area contributed by atoms with Crippen LogP contribution < -0.4 is 4.74 Å². The summed E-state index contributed by atoms with van der Waals surface area (Å²) in [6.45, 7) is 2.76. The van der Waals surface area contributed by atoms with E-state index >= 15 is 0 Å². The van der Waals surface area contributed by atoms with Crippen LogP contribution in [-0.4, -0.2) is 24.3 Å². The van der Waals surface area contributed by atoms with E-state index in [1.165, 1.54) is 5.56 Å². The number of fused-ring (bicyclic) bond motifs is 1. The van der Waals surface area contributed by atoms with Crippen molar-refractivity contribution in [2.24, 2.45) is 0 Å². The first-order valence-electron chi connectivity index (χ1n) is 9.91. The van der Waals surface area contributed by atoms with Gasteiger partial charge in [-0.2, -0.15) is 0 Å². The molecule has 0 bridgehead atoms. The van der Waals surface area contributed by atoms with E-state index < -0.39 is 0 Å². The van der Waals surface area contributed by atoms with Crippen molar-refractivity contribution < 1.29 is 19.4 Å². The van der Waals surface area contributed by atoms with Crippen LogP contribution >= 0.6 is 0 Å². The third-order valence-electron chi connectivity index (χ3n) is 5.37. The zero-order valence-corrected chi connectivity index (χ0v) is 16.4. The fourth-order valence-electron chi connectivity index (χ4n) is 4.03. The topological polar surface area (TPSA) is 55.8 Å². The molecule has 148 valence electrons. The average molecular weight is 388 g/mol. The number of benzene rings is 3. The molecule has 0 aromatic heterocycles. The Hall–Kier alpha value is -3.27. The second kappa shape index (κ2) is 8.39. The summed E-state index contributed by atoms with van der Waals surface area (Å²) in [6.07, 6.45) is 0.265. The predicted octanol–water partition coefficient (Wildman–Crippen LogP) is 4.81. The number of ether oxygens (including phenoxy) is 2. The Balaban J connectivity index is 1.71. The Morgan fingerprint density at radius 3 is 2.52 bits per heavy atom. The van der Waals surface area contributed by atoms with Crippen molar-refractivity contribution in [2.75, 3.05) is 13.2 Å². The van der Waals surface area contributed by atoms with Gasteiger partial charge in [0.2, 0.25) is 0 Å². The minimum atomic E-state index is -0.219. The number of phenols is 1. The van der Waals surface area contributed by atoms with E-state index in [4.69, 9.17) is 9.47 Å². The van der Waals surface area contributed by atoms with Gasteiger partial charge in [0.1, 0.15) is 11.5 Å². The number of phenolic OH excluding ortho intramolecular Hbond substituents is 1. The molecule has 0 radical (unpaired) electrons. The van der Waals surface area contributed by atoms with Crippen molar-refractivity contribution in [1.29, 1.82) is 0 Å². The lowest BCUT2D eigenvalue weighted by atomic mass is 9.75. The van der Waals surface area contributed by atoms with Gasteiger partial charge >= 0.3 is 5.97 Å². The molecule has 3 aromatic carbocycles. The van der Waals surface area contributed by atoms with Crippen LogP contribution in [0, 0.1) is 0 Å². The number of aromatic hydroxyl groups is 1. The summed E-state index contributed by atoms with van der Waals surface area (Å²) in [6, 6.07) is 23.7. The number of carbonyl (C=O) groups is 1.